The lowest BCUT2D eigenvalue weighted by molar-refractivity contribution is -0.140. The number of amides is 1. The van der Waals surface area contributed by atoms with E-state index < -0.39 is 23.5 Å². The predicted molar refractivity (Wildman–Crippen MR) is 119 cm³/mol. The minimum Gasteiger partial charge on any atom is -0.507 e. The average Bonchev–Trinajstić information content (AvgIpc) is 3.36. The van der Waals surface area contributed by atoms with E-state index in [0.29, 0.717) is 5.56 Å². The van der Waals surface area contributed by atoms with E-state index in [9.17, 15) is 14.7 Å². The molecular formula is C22H16Cl2N2O4S. The maximum atomic E-state index is 13.1. The van der Waals surface area contributed by atoms with Crippen molar-refractivity contribution in [3.8, 4) is 5.75 Å². The quantitative estimate of drug-likeness (QED) is 0.316. The first-order valence-electron chi connectivity index (χ1n) is 9.16. The zero-order valence-corrected chi connectivity index (χ0v) is 18.5. The Balaban J connectivity index is 1.93. The second-order valence-electron chi connectivity index (χ2n) is 6.76. The fourth-order valence-corrected chi connectivity index (χ4v) is 4.87. The van der Waals surface area contributed by atoms with Gasteiger partial charge in [0.2, 0.25) is 0 Å². The van der Waals surface area contributed by atoms with Crippen LogP contribution in [-0.2, 0) is 16.1 Å². The van der Waals surface area contributed by atoms with Crippen LogP contribution in [0.3, 0.4) is 0 Å². The smallest absolute Gasteiger partial charge is 0.295 e. The first-order chi connectivity index (χ1) is 14.9. The van der Waals surface area contributed by atoms with Gasteiger partial charge in [-0.05, 0) is 41.3 Å². The third-order valence-corrected chi connectivity index (χ3v) is 6.30. The number of ketones is 1. The second-order valence-corrected chi connectivity index (χ2v) is 8.63. The van der Waals surface area contributed by atoms with E-state index in [1.807, 2.05) is 17.5 Å². The number of carbonyl (C=O) groups is 2. The number of pyridine rings is 1. The minimum absolute atomic E-state index is 0.0654. The molecule has 0 aliphatic carbocycles. The minimum atomic E-state index is -0.812. The van der Waals surface area contributed by atoms with E-state index in [2.05, 4.69) is 4.98 Å². The van der Waals surface area contributed by atoms with Crippen LogP contribution in [0, 0.1) is 0 Å². The fraction of sp³-hybridized carbons (Fsp3) is 0.136. The number of aliphatic hydroxyl groups is 1. The summed E-state index contributed by atoms with van der Waals surface area (Å²) in [6.07, 6.45) is 3.13. The number of halogens is 2. The summed E-state index contributed by atoms with van der Waals surface area (Å²) in [4.78, 5) is 32.4. The molecule has 6 nitrogen and oxygen atoms in total. The monoisotopic (exact) mass is 474 g/mol. The number of ether oxygens (including phenoxy) is 1. The molecule has 4 rings (SSSR count). The van der Waals surface area contributed by atoms with Crippen molar-refractivity contribution in [2.75, 3.05) is 7.11 Å². The van der Waals surface area contributed by atoms with Gasteiger partial charge in [0.25, 0.3) is 11.7 Å². The third kappa shape index (κ3) is 3.92. The molecule has 1 saturated heterocycles. The Morgan fingerprint density at radius 1 is 1.23 bits per heavy atom. The normalized spacial score (nSPS) is 17.9. The van der Waals surface area contributed by atoms with Crippen molar-refractivity contribution in [3.63, 3.8) is 0 Å². The molecule has 9 heteroatoms. The van der Waals surface area contributed by atoms with E-state index in [4.69, 9.17) is 27.9 Å². The second kappa shape index (κ2) is 8.70. The molecule has 3 heterocycles. The number of carbonyl (C=O) groups excluding carboxylic acids is 2. The lowest BCUT2D eigenvalue weighted by Gasteiger charge is -2.25. The van der Waals surface area contributed by atoms with Crippen LogP contribution in [0.1, 0.15) is 22.0 Å². The van der Waals surface area contributed by atoms with E-state index >= 15 is 0 Å². The maximum Gasteiger partial charge on any atom is 0.295 e. The molecule has 1 aliphatic rings. The number of hydrogen-bond acceptors (Lipinski definition) is 6. The van der Waals surface area contributed by atoms with Gasteiger partial charge in [0.15, 0.2) is 0 Å². The molecule has 2 aromatic heterocycles. The Bertz CT molecular complexity index is 1180. The van der Waals surface area contributed by atoms with Crippen molar-refractivity contribution >= 4 is 52.0 Å². The van der Waals surface area contributed by atoms with E-state index in [-0.39, 0.29) is 33.5 Å². The van der Waals surface area contributed by atoms with Crippen LogP contribution in [0.5, 0.6) is 5.75 Å². The number of nitrogens with zero attached hydrogens (tertiary/aromatic N) is 2. The average molecular weight is 475 g/mol. The molecule has 0 saturated carbocycles. The lowest BCUT2D eigenvalue weighted by atomic mass is 9.95. The van der Waals surface area contributed by atoms with E-state index in [1.165, 1.54) is 35.5 Å². The Morgan fingerprint density at radius 2 is 1.97 bits per heavy atom. The van der Waals surface area contributed by atoms with Crippen molar-refractivity contribution in [3.05, 3.63) is 85.8 Å². The van der Waals surface area contributed by atoms with Crippen LogP contribution in [-0.4, -0.2) is 33.8 Å². The van der Waals surface area contributed by atoms with Crippen molar-refractivity contribution < 1.29 is 19.4 Å². The Morgan fingerprint density at radius 3 is 2.61 bits per heavy atom. The largest absolute Gasteiger partial charge is 0.507 e. The molecule has 3 aromatic rings. The summed E-state index contributed by atoms with van der Waals surface area (Å²) in [5.74, 6) is -1.76. The molecule has 158 valence electrons. The molecule has 1 atom stereocenters. The molecular weight excluding hydrogens is 459 g/mol. The highest BCUT2D eigenvalue weighted by Crippen LogP contribution is 2.43. The van der Waals surface area contributed by atoms with Gasteiger partial charge in [-0.1, -0.05) is 29.3 Å². The topological polar surface area (TPSA) is 79.7 Å². The summed E-state index contributed by atoms with van der Waals surface area (Å²) in [7, 11) is 1.39. The highest BCUT2D eigenvalue weighted by atomic mass is 35.5. The van der Waals surface area contributed by atoms with Crippen LogP contribution >= 0.6 is 34.5 Å². The number of likely N-dealkylation sites (tertiary alicyclic amines) is 1. The van der Waals surface area contributed by atoms with Gasteiger partial charge in [0, 0.05) is 22.3 Å². The standard InChI is InChI=1S/C22H16Cl2N2O4S/c1-30-21-15(9-13(23)10-16(21)24)19(27)17-18(12-4-6-25-7-5-12)26(22(29)20(17)28)11-14-3-2-8-31-14/h2-10,18,27H,11H2,1H3/b19-17+. The van der Waals surface area contributed by atoms with Crippen molar-refractivity contribution in [2.24, 2.45) is 0 Å². The van der Waals surface area contributed by atoms with E-state index in [0.717, 1.165) is 4.88 Å². The molecule has 0 radical (unpaired) electrons. The van der Waals surface area contributed by atoms with Crippen LogP contribution in [0.25, 0.3) is 5.76 Å². The maximum absolute atomic E-state index is 13.1. The summed E-state index contributed by atoms with van der Waals surface area (Å²) in [6, 6.07) is 9.25. The van der Waals surface area contributed by atoms with Gasteiger partial charge >= 0.3 is 0 Å². The first kappa shape index (κ1) is 21.4. The number of aliphatic hydroxyl groups excluding tert-OH is 1. The molecule has 31 heavy (non-hydrogen) atoms. The van der Waals surface area contributed by atoms with Crippen LogP contribution in [0.15, 0.2) is 59.7 Å². The van der Waals surface area contributed by atoms with Crippen molar-refractivity contribution in [1.82, 2.24) is 9.88 Å². The zero-order valence-electron chi connectivity index (χ0n) is 16.2. The summed E-state index contributed by atoms with van der Waals surface area (Å²) < 4.78 is 5.32. The molecule has 1 N–H and O–H groups in total. The van der Waals surface area contributed by atoms with E-state index in [1.54, 1.807) is 24.5 Å². The zero-order chi connectivity index (χ0) is 22.1. The Labute approximate surface area is 192 Å². The summed E-state index contributed by atoms with van der Waals surface area (Å²) in [5, 5.41) is 13.5. The van der Waals surface area contributed by atoms with Gasteiger partial charge in [-0.3, -0.25) is 14.6 Å². The van der Waals surface area contributed by atoms with Gasteiger partial charge in [0.1, 0.15) is 11.5 Å². The number of methoxy groups -OCH3 is 1. The number of aromatic nitrogens is 1. The molecule has 0 spiro atoms. The number of rotatable bonds is 5. The lowest BCUT2D eigenvalue weighted by Crippen LogP contribution is -2.28. The molecule has 1 aliphatic heterocycles. The third-order valence-electron chi connectivity index (χ3n) is 4.94. The predicted octanol–water partition coefficient (Wildman–Crippen LogP) is 5.08. The first-order valence-corrected chi connectivity index (χ1v) is 10.8. The number of hydrogen-bond donors (Lipinski definition) is 1. The van der Waals surface area contributed by atoms with Gasteiger partial charge in [-0.15, -0.1) is 11.3 Å². The molecule has 1 fully saturated rings. The van der Waals surface area contributed by atoms with Gasteiger partial charge in [-0.2, -0.15) is 0 Å². The highest BCUT2D eigenvalue weighted by Gasteiger charge is 2.46. The molecule has 1 amide bonds. The van der Waals surface area contributed by atoms with Gasteiger partial charge < -0.3 is 14.7 Å². The van der Waals surface area contributed by atoms with Crippen molar-refractivity contribution in [1.29, 1.82) is 0 Å². The van der Waals surface area contributed by atoms with Crippen LogP contribution in [0.2, 0.25) is 10.0 Å². The molecule has 0 bridgehead atoms. The highest BCUT2D eigenvalue weighted by molar-refractivity contribution is 7.09. The van der Waals surface area contributed by atoms with Gasteiger partial charge in [0.05, 0.1) is 35.9 Å². The number of Topliss-reactive ketones (excluding diaryl/α,β-unsaturated/α-hetero) is 1. The molecule has 1 aromatic carbocycles. The SMILES string of the molecule is COc1c(Cl)cc(Cl)cc1/C(O)=C1\C(=O)C(=O)N(Cc2cccs2)C1c1ccncc1. The van der Waals surface area contributed by atoms with Crippen molar-refractivity contribution in [2.45, 2.75) is 12.6 Å². The fourth-order valence-electron chi connectivity index (χ4n) is 3.59. The summed E-state index contributed by atoms with van der Waals surface area (Å²) in [6.45, 7) is 0.222. The van der Waals surface area contributed by atoms with Crippen LogP contribution in [0.4, 0.5) is 0 Å². The number of thiophene rings is 1. The molecule has 1 unspecified atom stereocenters. The van der Waals surface area contributed by atoms with Gasteiger partial charge in [-0.25, -0.2) is 0 Å². The summed E-state index contributed by atoms with van der Waals surface area (Å²) >= 11 is 13.8. The number of benzene rings is 1. The summed E-state index contributed by atoms with van der Waals surface area (Å²) in [5.41, 5.74) is 0.706. The Hall–Kier alpha value is -2.87. The Kier molecular flexibility index (Phi) is 6.00. The van der Waals surface area contributed by atoms with Crippen LogP contribution < -0.4 is 4.74 Å².